The average Bonchev–Trinajstić information content (AvgIpc) is 3.28. The van der Waals surface area contributed by atoms with Crippen LogP contribution in [0.15, 0.2) is 28.9 Å². The van der Waals surface area contributed by atoms with E-state index in [0.717, 1.165) is 0 Å². The first-order valence-electron chi connectivity index (χ1n) is 9.06. The summed E-state index contributed by atoms with van der Waals surface area (Å²) in [6.45, 7) is 5.91. The highest BCUT2D eigenvalue weighted by Crippen LogP contribution is 2.19. The fraction of sp³-hybridized carbons (Fsp3) is 0.444. The zero-order valence-electron chi connectivity index (χ0n) is 16.0. The SMILES string of the molecule is Cc1cc(NC(=O)C(=O)NCc2ccco2)n(C2NC(=O)CC(C(C)C)N2)n1. The molecule has 4 N–H and O–H groups in total. The third kappa shape index (κ3) is 4.58. The molecule has 0 saturated carbocycles. The van der Waals surface area contributed by atoms with Gasteiger partial charge in [-0.2, -0.15) is 5.10 Å². The topological polar surface area (TPSA) is 130 Å². The van der Waals surface area contributed by atoms with Gasteiger partial charge in [0, 0.05) is 18.5 Å². The van der Waals surface area contributed by atoms with E-state index in [2.05, 4.69) is 26.4 Å². The van der Waals surface area contributed by atoms with Crippen molar-refractivity contribution in [2.75, 3.05) is 5.32 Å². The van der Waals surface area contributed by atoms with Crippen molar-refractivity contribution in [2.45, 2.75) is 46.1 Å². The molecule has 3 amide bonds. The number of nitrogens with zero attached hydrogens (tertiary/aromatic N) is 2. The molecule has 0 spiro atoms. The Balaban J connectivity index is 1.68. The van der Waals surface area contributed by atoms with Crippen LogP contribution >= 0.6 is 0 Å². The molecule has 1 aliphatic rings. The summed E-state index contributed by atoms with van der Waals surface area (Å²) in [5, 5.41) is 15.5. The average molecular weight is 388 g/mol. The molecular weight excluding hydrogens is 364 g/mol. The molecule has 2 aromatic heterocycles. The van der Waals surface area contributed by atoms with Gasteiger partial charge in [0.15, 0.2) is 6.29 Å². The fourth-order valence-electron chi connectivity index (χ4n) is 2.92. The van der Waals surface area contributed by atoms with Crippen LogP contribution in [0.2, 0.25) is 0 Å². The van der Waals surface area contributed by atoms with Crippen LogP contribution in [-0.2, 0) is 20.9 Å². The second kappa shape index (κ2) is 8.26. The Morgan fingerprint density at radius 3 is 2.86 bits per heavy atom. The Morgan fingerprint density at radius 2 is 2.18 bits per heavy atom. The summed E-state index contributed by atoms with van der Waals surface area (Å²) in [6, 6.07) is 4.99. The lowest BCUT2D eigenvalue weighted by Crippen LogP contribution is -2.55. The minimum atomic E-state index is -0.838. The molecule has 0 aliphatic carbocycles. The molecule has 0 bridgehead atoms. The fourth-order valence-corrected chi connectivity index (χ4v) is 2.92. The molecule has 2 atom stereocenters. The maximum atomic E-state index is 12.3. The zero-order valence-corrected chi connectivity index (χ0v) is 16.0. The molecule has 3 heterocycles. The van der Waals surface area contributed by atoms with Crippen molar-refractivity contribution in [1.82, 2.24) is 25.7 Å². The number of aryl methyl sites for hydroxylation is 1. The molecule has 1 aliphatic heterocycles. The lowest BCUT2D eigenvalue weighted by Gasteiger charge is -2.34. The molecule has 28 heavy (non-hydrogen) atoms. The van der Waals surface area contributed by atoms with Gasteiger partial charge in [-0.3, -0.25) is 19.7 Å². The van der Waals surface area contributed by atoms with Gasteiger partial charge < -0.3 is 20.4 Å². The van der Waals surface area contributed by atoms with Gasteiger partial charge in [-0.25, -0.2) is 4.68 Å². The van der Waals surface area contributed by atoms with Gasteiger partial charge in [0.2, 0.25) is 5.91 Å². The van der Waals surface area contributed by atoms with Gasteiger partial charge in [-0.15, -0.1) is 0 Å². The van der Waals surface area contributed by atoms with E-state index in [1.54, 1.807) is 25.1 Å². The van der Waals surface area contributed by atoms with Crippen LogP contribution in [0, 0.1) is 12.8 Å². The van der Waals surface area contributed by atoms with Gasteiger partial charge in [0.25, 0.3) is 0 Å². The number of furan rings is 1. The highest BCUT2D eigenvalue weighted by atomic mass is 16.3. The second-order valence-electron chi connectivity index (χ2n) is 7.02. The molecule has 10 heteroatoms. The molecule has 1 fully saturated rings. The molecule has 0 aromatic carbocycles. The van der Waals surface area contributed by atoms with Gasteiger partial charge >= 0.3 is 11.8 Å². The molecular formula is C18H24N6O4. The minimum Gasteiger partial charge on any atom is -0.467 e. The Bertz CT molecular complexity index is 858. The van der Waals surface area contributed by atoms with E-state index >= 15 is 0 Å². The van der Waals surface area contributed by atoms with Crippen LogP contribution in [0.1, 0.15) is 38.0 Å². The summed E-state index contributed by atoms with van der Waals surface area (Å²) in [7, 11) is 0. The van der Waals surface area contributed by atoms with E-state index in [-0.39, 0.29) is 24.4 Å². The maximum Gasteiger partial charge on any atom is 0.314 e. The quantitative estimate of drug-likeness (QED) is 0.556. The third-order valence-corrected chi connectivity index (χ3v) is 4.43. The predicted molar refractivity (Wildman–Crippen MR) is 99.7 cm³/mol. The molecule has 3 rings (SSSR count). The number of hydrogen-bond donors (Lipinski definition) is 4. The van der Waals surface area contributed by atoms with Crippen molar-refractivity contribution in [3.8, 4) is 0 Å². The number of hydrogen-bond acceptors (Lipinski definition) is 6. The number of rotatable bonds is 5. The summed E-state index contributed by atoms with van der Waals surface area (Å²) in [5.74, 6) is -0.661. The van der Waals surface area contributed by atoms with E-state index in [1.165, 1.54) is 10.9 Å². The number of carbonyl (C=O) groups excluding carboxylic acids is 3. The molecule has 10 nitrogen and oxygen atoms in total. The zero-order chi connectivity index (χ0) is 20.3. The molecule has 1 saturated heterocycles. The number of amides is 3. The lowest BCUT2D eigenvalue weighted by molar-refractivity contribution is -0.136. The number of nitrogens with one attached hydrogen (secondary N) is 4. The van der Waals surface area contributed by atoms with Crippen molar-refractivity contribution in [2.24, 2.45) is 5.92 Å². The predicted octanol–water partition coefficient (Wildman–Crippen LogP) is 0.630. The first-order valence-corrected chi connectivity index (χ1v) is 9.06. The van der Waals surface area contributed by atoms with E-state index in [9.17, 15) is 14.4 Å². The van der Waals surface area contributed by atoms with Gasteiger partial charge in [-0.05, 0) is 25.0 Å². The van der Waals surface area contributed by atoms with Gasteiger partial charge in [0.05, 0.1) is 18.5 Å². The molecule has 0 radical (unpaired) electrons. The summed E-state index contributed by atoms with van der Waals surface area (Å²) in [4.78, 5) is 36.4. The third-order valence-electron chi connectivity index (χ3n) is 4.43. The van der Waals surface area contributed by atoms with Crippen LogP contribution in [0.3, 0.4) is 0 Å². The summed E-state index contributed by atoms with van der Waals surface area (Å²) < 4.78 is 6.57. The first kappa shape index (κ1) is 19.6. The van der Waals surface area contributed by atoms with E-state index in [1.807, 2.05) is 13.8 Å². The van der Waals surface area contributed by atoms with Crippen LogP contribution in [-0.4, -0.2) is 33.5 Å². The highest BCUT2D eigenvalue weighted by Gasteiger charge is 2.30. The van der Waals surface area contributed by atoms with Crippen molar-refractivity contribution in [3.05, 3.63) is 35.9 Å². The highest BCUT2D eigenvalue weighted by molar-refractivity contribution is 6.39. The van der Waals surface area contributed by atoms with E-state index in [0.29, 0.717) is 23.7 Å². The van der Waals surface area contributed by atoms with Crippen molar-refractivity contribution in [1.29, 1.82) is 0 Å². The largest absolute Gasteiger partial charge is 0.467 e. The summed E-state index contributed by atoms with van der Waals surface area (Å²) >= 11 is 0. The Morgan fingerprint density at radius 1 is 1.39 bits per heavy atom. The van der Waals surface area contributed by atoms with Crippen molar-refractivity contribution in [3.63, 3.8) is 0 Å². The maximum absolute atomic E-state index is 12.3. The van der Waals surface area contributed by atoms with Crippen molar-refractivity contribution < 1.29 is 18.8 Å². The molecule has 2 unspecified atom stereocenters. The van der Waals surface area contributed by atoms with Crippen LogP contribution in [0.4, 0.5) is 5.82 Å². The Labute approximate surface area is 162 Å². The van der Waals surface area contributed by atoms with Crippen molar-refractivity contribution >= 4 is 23.5 Å². The normalized spacial score (nSPS) is 19.4. The Kier molecular flexibility index (Phi) is 5.78. The second-order valence-corrected chi connectivity index (χ2v) is 7.02. The number of carbonyl (C=O) groups is 3. The van der Waals surface area contributed by atoms with Gasteiger partial charge in [-0.1, -0.05) is 13.8 Å². The first-order chi connectivity index (χ1) is 13.3. The van der Waals surface area contributed by atoms with Crippen LogP contribution < -0.4 is 21.3 Å². The summed E-state index contributed by atoms with van der Waals surface area (Å²) in [6.07, 6.45) is 1.23. The minimum absolute atomic E-state index is 0.0246. The monoisotopic (exact) mass is 388 g/mol. The smallest absolute Gasteiger partial charge is 0.314 e. The Hall–Kier alpha value is -3.14. The standard InChI is InChI=1S/C18H24N6O4/c1-10(2)13-8-15(25)22-18(20-13)24-14(7-11(3)23-24)21-17(27)16(26)19-9-12-5-4-6-28-12/h4-7,10,13,18,20H,8-9H2,1-3H3,(H,19,26)(H,21,27)(H,22,25). The van der Waals surface area contributed by atoms with Crippen LogP contribution in [0.25, 0.3) is 0 Å². The van der Waals surface area contributed by atoms with E-state index < -0.39 is 18.1 Å². The van der Waals surface area contributed by atoms with Crippen LogP contribution in [0.5, 0.6) is 0 Å². The number of anilines is 1. The van der Waals surface area contributed by atoms with E-state index in [4.69, 9.17) is 4.42 Å². The number of aromatic nitrogens is 2. The molecule has 2 aromatic rings. The summed E-state index contributed by atoms with van der Waals surface area (Å²) in [5.41, 5.74) is 0.633. The lowest BCUT2D eigenvalue weighted by atomic mass is 9.99. The molecule has 150 valence electrons. The van der Waals surface area contributed by atoms with Gasteiger partial charge in [0.1, 0.15) is 11.6 Å².